The van der Waals surface area contributed by atoms with E-state index in [4.69, 9.17) is 33.1 Å². The third-order valence-corrected chi connectivity index (χ3v) is 0.537. The Morgan fingerprint density at radius 2 is 1.43 bits per heavy atom. The Hall–Kier alpha value is -0.250. The summed E-state index contributed by atoms with van der Waals surface area (Å²) in [5, 5.41) is 7.75. The first-order valence-corrected chi connectivity index (χ1v) is 5.31. The number of hydrogen-bond donors (Lipinski definition) is 4. The van der Waals surface area contributed by atoms with Gasteiger partial charge in [0.15, 0.2) is 0 Å². The van der Waals surface area contributed by atoms with E-state index in [2.05, 4.69) is 0 Å². The second kappa shape index (κ2) is 15.2. The van der Waals surface area contributed by atoms with Crippen molar-refractivity contribution in [2.45, 2.75) is 13.8 Å². The van der Waals surface area contributed by atoms with Gasteiger partial charge in [-0.1, -0.05) is 0 Å². The quantitative estimate of drug-likeness (QED) is 0.475. The minimum Gasteiger partial charge on any atom is -0.395 e. The van der Waals surface area contributed by atoms with Crippen LogP contribution in [0.25, 0.3) is 0 Å². The molecule has 0 aliphatic carbocycles. The summed E-state index contributed by atoms with van der Waals surface area (Å²) in [5.41, 5.74) is 4.78. The molecule has 0 rings (SSSR count). The molecule has 0 heterocycles. The summed E-state index contributed by atoms with van der Waals surface area (Å²) >= 11 is 0. The highest BCUT2D eigenvalue weighted by atomic mass is 32.3. The van der Waals surface area contributed by atoms with Crippen molar-refractivity contribution in [3.8, 4) is 0 Å². The van der Waals surface area contributed by atoms with E-state index in [1.165, 1.54) is 0 Å². The van der Waals surface area contributed by atoms with Gasteiger partial charge in [-0.05, 0) is 13.8 Å². The molecular weight excluding hydrogens is 214 g/mol. The van der Waals surface area contributed by atoms with Crippen molar-refractivity contribution in [2.75, 3.05) is 26.4 Å². The highest BCUT2D eigenvalue weighted by molar-refractivity contribution is 7.79. The van der Waals surface area contributed by atoms with Crippen molar-refractivity contribution in [3.63, 3.8) is 0 Å². The lowest BCUT2D eigenvalue weighted by molar-refractivity contribution is 0.162. The van der Waals surface area contributed by atoms with Crippen molar-refractivity contribution in [2.24, 2.45) is 5.73 Å². The smallest absolute Gasteiger partial charge is 0.394 e. The van der Waals surface area contributed by atoms with Crippen LogP contribution in [-0.4, -0.2) is 49.0 Å². The maximum Gasteiger partial charge on any atom is 0.394 e. The second-order valence-corrected chi connectivity index (χ2v) is 2.64. The average Bonchev–Trinajstić information content (AvgIpc) is 2.03. The normalized spacial score (nSPS) is 9.29. The van der Waals surface area contributed by atoms with Crippen LogP contribution in [-0.2, 0) is 15.1 Å². The Labute approximate surface area is 84.5 Å². The molecule has 7 nitrogen and oxygen atoms in total. The maximum absolute atomic E-state index is 8.74. The minimum absolute atomic E-state index is 0.0972. The van der Waals surface area contributed by atoms with E-state index in [1.54, 1.807) is 0 Å². The van der Waals surface area contributed by atoms with Crippen LogP contribution in [0.15, 0.2) is 0 Å². The van der Waals surface area contributed by atoms with Crippen LogP contribution < -0.4 is 5.73 Å². The third kappa shape index (κ3) is 180. The first kappa shape index (κ1) is 19.3. The lowest BCUT2D eigenvalue weighted by Crippen LogP contribution is -2.02. The van der Waals surface area contributed by atoms with Gasteiger partial charge in [-0.15, -0.1) is 0 Å². The van der Waals surface area contributed by atoms with Gasteiger partial charge in [-0.2, -0.15) is 8.42 Å². The molecule has 0 radical (unpaired) electrons. The highest BCUT2D eigenvalue weighted by Crippen LogP contribution is 1.64. The number of nitrogens with two attached hydrogens (primary N) is 1. The molecule has 0 aromatic carbocycles. The van der Waals surface area contributed by atoms with Gasteiger partial charge in [-0.25, -0.2) is 0 Å². The first-order chi connectivity index (χ1) is 6.33. The maximum atomic E-state index is 8.74. The van der Waals surface area contributed by atoms with Gasteiger partial charge >= 0.3 is 10.4 Å². The molecule has 5 N–H and O–H groups in total. The van der Waals surface area contributed by atoms with E-state index >= 15 is 0 Å². The third-order valence-electron chi connectivity index (χ3n) is 0.537. The summed E-state index contributed by atoms with van der Waals surface area (Å²) in [6.45, 7) is 6.14. The Morgan fingerprint density at radius 3 is 1.43 bits per heavy atom. The van der Waals surface area contributed by atoms with E-state index < -0.39 is 10.4 Å². The lowest BCUT2D eigenvalue weighted by atomic mass is 10.8. The number of rotatable bonds is 3. The largest absolute Gasteiger partial charge is 0.395 e. The molecule has 0 aromatic heterocycles. The van der Waals surface area contributed by atoms with Crippen molar-refractivity contribution in [1.82, 2.24) is 0 Å². The topological polar surface area (TPSA) is 130 Å². The van der Waals surface area contributed by atoms with Gasteiger partial charge in [0, 0.05) is 19.8 Å². The average molecular weight is 233 g/mol. The number of hydrogen-bond acceptors (Lipinski definition) is 5. The lowest BCUT2D eigenvalue weighted by Gasteiger charge is -1.86. The number of aliphatic hydroxyl groups excluding tert-OH is 1. The minimum atomic E-state index is -4.67. The molecule has 0 aliphatic heterocycles. The predicted molar refractivity (Wildman–Crippen MR) is 52.5 cm³/mol. The Morgan fingerprint density at radius 1 is 1.21 bits per heavy atom. The van der Waals surface area contributed by atoms with Crippen molar-refractivity contribution >= 4 is 10.4 Å². The number of ether oxygens (including phenoxy) is 1. The SMILES string of the molecule is CCOCC.NCCO.O=S(=O)(O)O. The predicted octanol–water partition coefficient (Wildman–Crippen LogP) is -0.673. The summed E-state index contributed by atoms with van der Waals surface area (Å²) in [5.74, 6) is 0. The van der Waals surface area contributed by atoms with E-state index in [0.29, 0.717) is 6.54 Å². The molecule has 0 spiro atoms. The van der Waals surface area contributed by atoms with Crippen LogP contribution in [0.5, 0.6) is 0 Å². The molecule has 0 fully saturated rings. The molecule has 14 heavy (non-hydrogen) atoms. The molecule has 0 saturated carbocycles. The molecule has 0 aliphatic rings. The van der Waals surface area contributed by atoms with Crippen LogP contribution in [0.2, 0.25) is 0 Å². The summed E-state index contributed by atoms with van der Waals surface area (Å²) in [6, 6.07) is 0. The van der Waals surface area contributed by atoms with Crippen LogP contribution >= 0.6 is 0 Å². The molecule has 0 saturated heterocycles. The molecule has 0 atom stereocenters. The molecule has 0 aromatic rings. The Balaban J connectivity index is -0.000000131. The molecule has 0 unspecified atom stereocenters. The molecule has 0 bridgehead atoms. The molecule has 8 heteroatoms. The van der Waals surface area contributed by atoms with E-state index in [1.807, 2.05) is 13.8 Å². The number of aliphatic hydroxyl groups is 1. The van der Waals surface area contributed by atoms with Gasteiger partial charge < -0.3 is 15.6 Å². The fourth-order valence-corrected chi connectivity index (χ4v) is 0.204. The zero-order valence-electron chi connectivity index (χ0n) is 8.38. The van der Waals surface area contributed by atoms with Crippen molar-refractivity contribution in [1.29, 1.82) is 0 Å². The summed E-state index contributed by atoms with van der Waals surface area (Å²) < 4.78 is 36.4. The fourth-order valence-electron chi connectivity index (χ4n) is 0.204. The summed E-state index contributed by atoms with van der Waals surface area (Å²) in [7, 11) is -4.67. The second-order valence-electron chi connectivity index (χ2n) is 1.74. The van der Waals surface area contributed by atoms with E-state index in [0.717, 1.165) is 13.2 Å². The van der Waals surface area contributed by atoms with Crippen molar-refractivity contribution in [3.05, 3.63) is 0 Å². The molecular formula is C6H19NO6S. The highest BCUT2D eigenvalue weighted by Gasteiger charge is 1.84. The fraction of sp³-hybridized carbons (Fsp3) is 1.00. The van der Waals surface area contributed by atoms with Gasteiger partial charge in [-0.3, -0.25) is 9.11 Å². The Bertz CT molecular complexity index is 157. The monoisotopic (exact) mass is 233 g/mol. The van der Waals surface area contributed by atoms with E-state index in [9.17, 15) is 0 Å². The zero-order chi connectivity index (χ0) is 12.0. The Kier molecular flexibility index (Phi) is 21.0. The van der Waals surface area contributed by atoms with E-state index in [-0.39, 0.29) is 6.61 Å². The van der Waals surface area contributed by atoms with Crippen LogP contribution in [0, 0.1) is 0 Å². The van der Waals surface area contributed by atoms with Crippen LogP contribution in [0.4, 0.5) is 0 Å². The van der Waals surface area contributed by atoms with Gasteiger partial charge in [0.05, 0.1) is 6.61 Å². The van der Waals surface area contributed by atoms with Gasteiger partial charge in [0.2, 0.25) is 0 Å². The van der Waals surface area contributed by atoms with Gasteiger partial charge in [0.25, 0.3) is 0 Å². The first-order valence-electron chi connectivity index (χ1n) is 3.91. The molecule has 0 amide bonds. The summed E-state index contributed by atoms with van der Waals surface area (Å²) in [4.78, 5) is 0. The van der Waals surface area contributed by atoms with Gasteiger partial charge in [0.1, 0.15) is 0 Å². The summed E-state index contributed by atoms with van der Waals surface area (Å²) in [6.07, 6.45) is 0. The molecule has 90 valence electrons. The van der Waals surface area contributed by atoms with Crippen LogP contribution in [0.3, 0.4) is 0 Å². The van der Waals surface area contributed by atoms with Crippen LogP contribution in [0.1, 0.15) is 13.8 Å². The van der Waals surface area contributed by atoms with Crippen molar-refractivity contribution < 1.29 is 27.4 Å². The standard InChI is InChI=1S/C4H10O.C2H7NO.H2O4S/c1-3-5-4-2;3-1-2-4;1-5(2,3)4/h3-4H2,1-2H3;4H,1-3H2;(H2,1,2,3,4). The zero-order valence-corrected chi connectivity index (χ0v) is 9.20.